The van der Waals surface area contributed by atoms with E-state index in [1.165, 1.54) is 6.20 Å². The minimum absolute atomic E-state index is 0.107. The molecule has 1 aliphatic rings. The molecule has 1 heterocycles. The molecule has 1 saturated heterocycles. The highest BCUT2D eigenvalue weighted by atomic mass is 16.2. The second-order valence-corrected chi connectivity index (χ2v) is 4.23. The number of hydrogen-bond acceptors (Lipinski definition) is 2. The molecule has 1 aromatic carbocycles. The molecule has 2 rings (SSSR count). The number of carbonyl (C=O) groups excluding carboxylic acids is 2. The van der Waals surface area contributed by atoms with Crippen molar-refractivity contribution in [2.75, 3.05) is 13.1 Å². The van der Waals surface area contributed by atoms with E-state index >= 15 is 0 Å². The van der Waals surface area contributed by atoms with Crippen molar-refractivity contribution in [2.24, 2.45) is 5.92 Å². The highest BCUT2D eigenvalue weighted by Crippen LogP contribution is 2.18. The molecule has 1 N–H and O–H groups in total. The Morgan fingerprint density at radius 1 is 1.50 bits per heavy atom. The Labute approximate surface area is 108 Å². The summed E-state index contributed by atoms with van der Waals surface area (Å²) in [5.41, 5.74) is 0.382. The molecule has 0 aliphatic carbocycles. The molecule has 18 heavy (non-hydrogen) atoms. The van der Waals surface area contributed by atoms with E-state index in [0.717, 1.165) is 0 Å². The number of rotatable bonds is 3. The fourth-order valence-electron chi connectivity index (χ4n) is 2.07. The van der Waals surface area contributed by atoms with Gasteiger partial charge in [-0.15, -0.1) is 0 Å². The van der Waals surface area contributed by atoms with E-state index < -0.39 is 0 Å². The van der Waals surface area contributed by atoms with E-state index in [9.17, 15) is 9.59 Å². The molecule has 4 heteroatoms. The maximum absolute atomic E-state index is 12.2. The van der Waals surface area contributed by atoms with Gasteiger partial charge < -0.3 is 10.2 Å². The lowest BCUT2D eigenvalue weighted by Crippen LogP contribution is -2.32. The SMILES string of the molecule is [3H]c1ccccc1C(=O)N1CCC(C(=O)NC=C)C1. The number of nitrogens with one attached hydrogen (secondary N) is 1. The third-order valence-electron chi connectivity index (χ3n) is 3.03. The zero-order valence-electron chi connectivity index (χ0n) is 11.1. The van der Waals surface area contributed by atoms with Crippen LogP contribution in [0, 0.1) is 5.92 Å². The molecule has 1 aliphatic heterocycles. The molecule has 0 radical (unpaired) electrons. The highest BCUT2D eigenvalue weighted by Gasteiger charge is 2.30. The smallest absolute Gasteiger partial charge is 0.253 e. The van der Waals surface area contributed by atoms with Gasteiger partial charge in [0.05, 0.1) is 7.29 Å². The van der Waals surface area contributed by atoms with Gasteiger partial charge in [0.25, 0.3) is 5.91 Å². The molecule has 1 fully saturated rings. The number of amides is 2. The summed E-state index contributed by atoms with van der Waals surface area (Å²) in [6.45, 7) is 4.39. The predicted octanol–water partition coefficient (Wildman–Crippen LogP) is 1.41. The summed E-state index contributed by atoms with van der Waals surface area (Å²) in [5, 5.41) is 2.55. The number of hydrogen-bond donors (Lipinski definition) is 1. The zero-order chi connectivity index (χ0) is 13.8. The van der Waals surface area contributed by atoms with Crippen LogP contribution in [0.3, 0.4) is 0 Å². The van der Waals surface area contributed by atoms with Crippen LogP contribution in [0.15, 0.2) is 43.1 Å². The molecule has 94 valence electrons. The van der Waals surface area contributed by atoms with E-state index in [2.05, 4.69) is 11.9 Å². The van der Waals surface area contributed by atoms with Crippen LogP contribution in [0.25, 0.3) is 0 Å². The first kappa shape index (κ1) is 11.0. The van der Waals surface area contributed by atoms with E-state index in [1.807, 2.05) is 0 Å². The van der Waals surface area contributed by atoms with Gasteiger partial charge in [0.2, 0.25) is 5.91 Å². The largest absolute Gasteiger partial charge is 0.338 e. The monoisotopic (exact) mass is 246 g/mol. The molecule has 0 saturated carbocycles. The Bertz CT molecular complexity index is 516. The van der Waals surface area contributed by atoms with Crippen LogP contribution in [-0.4, -0.2) is 29.8 Å². The zero-order valence-corrected chi connectivity index (χ0v) is 10.1. The Hall–Kier alpha value is -2.10. The van der Waals surface area contributed by atoms with Crippen molar-refractivity contribution in [3.8, 4) is 0 Å². The number of nitrogens with zero attached hydrogens (tertiary/aromatic N) is 1. The van der Waals surface area contributed by atoms with E-state index in [0.29, 0.717) is 25.1 Å². The topological polar surface area (TPSA) is 49.4 Å². The highest BCUT2D eigenvalue weighted by molar-refractivity contribution is 5.95. The molecule has 0 bridgehead atoms. The molecule has 2 amide bonds. The van der Waals surface area contributed by atoms with Gasteiger partial charge in [-0.1, -0.05) is 24.8 Å². The average molecular weight is 246 g/mol. The minimum atomic E-state index is -0.195. The second kappa shape index (κ2) is 5.49. The summed E-state index contributed by atoms with van der Waals surface area (Å²) >= 11 is 0. The molecule has 1 atom stereocenters. The minimum Gasteiger partial charge on any atom is -0.338 e. The maximum atomic E-state index is 12.2. The normalized spacial score (nSPS) is 19.2. The average Bonchev–Trinajstić information content (AvgIpc) is 2.88. The summed E-state index contributed by atoms with van der Waals surface area (Å²) in [6, 6.07) is 6.91. The van der Waals surface area contributed by atoms with Crippen LogP contribution in [0.1, 0.15) is 18.1 Å². The Morgan fingerprint density at radius 3 is 3.06 bits per heavy atom. The van der Waals surface area contributed by atoms with E-state index in [-0.39, 0.29) is 23.8 Å². The van der Waals surface area contributed by atoms with Gasteiger partial charge in [0, 0.05) is 18.7 Å². The molecule has 1 unspecified atom stereocenters. The van der Waals surface area contributed by atoms with Crippen molar-refractivity contribution in [3.63, 3.8) is 0 Å². The van der Waals surface area contributed by atoms with Crippen LogP contribution >= 0.6 is 0 Å². The van der Waals surface area contributed by atoms with Crippen LogP contribution < -0.4 is 5.32 Å². The summed E-state index contributed by atoms with van der Waals surface area (Å²) in [7, 11) is 0. The van der Waals surface area contributed by atoms with Gasteiger partial charge in [-0.05, 0) is 24.7 Å². The molecule has 1 aromatic rings. The lowest BCUT2D eigenvalue weighted by atomic mass is 10.1. The molecule has 0 aromatic heterocycles. The summed E-state index contributed by atoms with van der Waals surface area (Å²) in [5.74, 6) is -0.483. The van der Waals surface area contributed by atoms with E-state index in [1.54, 1.807) is 29.2 Å². The fourth-order valence-corrected chi connectivity index (χ4v) is 2.07. The number of likely N-dealkylation sites (tertiary alicyclic amines) is 1. The second-order valence-electron chi connectivity index (χ2n) is 4.23. The van der Waals surface area contributed by atoms with Gasteiger partial charge in [-0.25, -0.2) is 0 Å². The van der Waals surface area contributed by atoms with Gasteiger partial charge in [-0.3, -0.25) is 9.59 Å². The Balaban J connectivity index is 2.05. The van der Waals surface area contributed by atoms with Gasteiger partial charge >= 0.3 is 0 Å². The molecular formula is C14H16N2O2. The van der Waals surface area contributed by atoms with Crippen LogP contribution in [-0.2, 0) is 4.79 Å². The number of benzene rings is 1. The summed E-state index contributed by atoms with van der Waals surface area (Å²) in [4.78, 5) is 25.5. The van der Waals surface area contributed by atoms with Crippen LogP contribution in [0.2, 0.25) is 0 Å². The third-order valence-corrected chi connectivity index (χ3v) is 3.03. The Morgan fingerprint density at radius 2 is 2.33 bits per heavy atom. The quantitative estimate of drug-likeness (QED) is 0.876. The van der Waals surface area contributed by atoms with Crippen molar-refractivity contribution in [1.82, 2.24) is 10.2 Å². The van der Waals surface area contributed by atoms with Crippen molar-refractivity contribution in [3.05, 3.63) is 48.7 Å². The lowest BCUT2D eigenvalue weighted by Gasteiger charge is -2.16. The fraction of sp³-hybridized carbons (Fsp3) is 0.286. The van der Waals surface area contributed by atoms with Crippen molar-refractivity contribution >= 4 is 11.8 Å². The predicted molar refractivity (Wildman–Crippen MR) is 68.8 cm³/mol. The molecular weight excluding hydrogens is 228 g/mol. The number of carbonyl (C=O) groups is 2. The first-order valence-corrected chi connectivity index (χ1v) is 5.89. The van der Waals surface area contributed by atoms with Gasteiger partial charge in [-0.2, -0.15) is 0 Å². The van der Waals surface area contributed by atoms with Gasteiger partial charge in [0.15, 0.2) is 0 Å². The van der Waals surface area contributed by atoms with Crippen LogP contribution in [0.4, 0.5) is 0 Å². The maximum Gasteiger partial charge on any atom is 0.253 e. The summed E-state index contributed by atoms with van der Waals surface area (Å²) in [6.07, 6.45) is 2.00. The van der Waals surface area contributed by atoms with E-state index in [4.69, 9.17) is 1.37 Å². The van der Waals surface area contributed by atoms with Crippen molar-refractivity contribution in [2.45, 2.75) is 6.42 Å². The lowest BCUT2D eigenvalue weighted by molar-refractivity contribution is -0.123. The first-order valence-electron chi connectivity index (χ1n) is 6.39. The third kappa shape index (κ3) is 2.59. The van der Waals surface area contributed by atoms with Gasteiger partial charge in [0.1, 0.15) is 0 Å². The van der Waals surface area contributed by atoms with Crippen LogP contribution in [0.5, 0.6) is 0 Å². The Kier molecular flexibility index (Phi) is 3.36. The standard InChI is InChI=1S/C14H16N2O2/c1-2-15-13(17)12-8-9-16(10-12)14(18)11-6-4-3-5-7-11/h2-7,12H,1,8-10H2,(H,15,17)/i6T. The summed E-state index contributed by atoms with van der Waals surface area (Å²) < 4.78 is 7.73. The first-order chi connectivity index (χ1) is 9.13. The van der Waals surface area contributed by atoms with Crippen molar-refractivity contribution < 1.29 is 11.0 Å². The molecule has 0 spiro atoms. The molecule has 4 nitrogen and oxygen atoms in total. The van der Waals surface area contributed by atoms with Crippen molar-refractivity contribution in [1.29, 1.82) is 0 Å².